The van der Waals surface area contributed by atoms with Crippen LogP contribution in [-0.2, 0) is 6.54 Å². The second-order valence-corrected chi connectivity index (χ2v) is 7.89. The summed E-state index contributed by atoms with van der Waals surface area (Å²) in [5.74, 6) is 1.00. The minimum Gasteiger partial charge on any atom is -0.457 e. The van der Waals surface area contributed by atoms with E-state index in [9.17, 15) is 9.18 Å². The fourth-order valence-electron chi connectivity index (χ4n) is 3.17. The van der Waals surface area contributed by atoms with Crippen molar-refractivity contribution in [3.05, 3.63) is 106 Å². The van der Waals surface area contributed by atoms with Crippen LogP contribution in [-0.4, -0.2) is 15.5 Å². The van der Waals surface area contributed by atoms with Crippen molar-refractivity contribution in [3.8, 4) is 17.3 Å². The van der Waals surface area contributed by atoms with Crippen LogP contribution < -0.4 is 10.1 Å². The number of carbonyl (C=O) groups is 1. The number of benzene rings is 2. The molecule has 162 valence electrons. The van der Waals surface area contributed by atoms with Gasteiger partial charge in [-0.05, 0) is 72.6 Å². The van der Waals surface area contributed by atoms with Gasteiger partial charge in [-0.15, -0.1) is 0 Å². The average Bonchev–Trinajstić information content (AvgIpc) is 3.24. The highest BCUT2D eigenvalue weighted by molar-refractivity contribution is 6.35. The summed E-state index contributed by atoms with van der Waals surface area (Å²) in [4.78, 5) is 17.0. The van der Waals surface area contributed by atoms with Crippen molar-refractivity contribution in [2.75, 3.05) is 0 Å². The van der Waals surface area contributed by atoms with E-state index in [0.29, 0.717) is 39.6 Å². The molecule has 0 unspecified atom stereocenters. The lowest BCUT2D eigenvalue weighted by Gasteiger charge is -2.13. The van der Waals surface area contributed by atoms with Crippen molar-refractivity contribution in [1.82, 2.24) is 14.9 Å². The SMILES string of the molecule is Cc1cc(Oc2ccc(F)cc2)ccc1CNC(=O)c1cccn1-c1ncc(Cl)cc1Cl. The summed E-state index contributed by atoms with van der Waals surface area (Å²) >= 11 is 12.2. The maximum atomic E-state index is 13.0. The largest absolute Gasteiger partial charge is 0.457 e. The number of nitrogens with zero attached hydrogens (tertiary/aromatic N) is 2. The number of ether oxygens (including phenoxy) is 1. The molecule has 1 N–H and O–H groups in total. The first kappa shape index (κ1) is 21.9. The first-order chi connectivity index (χ1) is 15.4. The molecule has 0 spiro atoms. The maximum absolute atomic E-state index is 13.0. The molecule has 2 aromatic heterocycles. The summed E-state index contributed by atoms with van der Waals surface area (Å²) in [6.45, 7) is 2.26. The Kier molecular flexibility index (Phi) is 6.44. The molecule has 0 saturated carbocycles. The number of nitrogens with one attached hydrogen (secondary N) is 1. The van der Waals surface area contributed by atoms with Gasteiger partial charge in [-0.2, -0.15) is 0 Å². The number of halogens is 3. The van der Waals surface area contributed by atoms with Gasteiger partial charge in [0.25, 0.3) is 5.91 Å². The van der Waals surface area contributed by atoms with E-state index in [1.807, 2.05) is 19.1 Å². The third-order valence-electron chi connectivity index (χ3n) is 4.80. The number of hydrogen-bond acceptors (Lipinski definition) is 3. The van der Waals surface area contributed by atoms with Gasteiger partial charge < -0.3 is 10.1 Å². The number of rotatable bonds is 6. The molecule has 0 aliphatic carbocycles. The summed E-state index contributed by atoms with van der Waals surface area (Å²) in [6.07, 6.45) is 3.19. The lowest BCUT2D eigenvalue weighted by Crippen LogP contribution is -2.25. The van der Waals surface area contributed by atoms with Crippen LogP contribution in [0.2, 0.25) is 10.0 Å². The van der Waals surface area contributed by atoms with Crippen LogP contribution in [0.5, 0.6) is 11.5 Å². The lowest BCUT2D eigenvalue weighted by molar-refractivity contribution is 0.0944. The van der Waals surface area contributed by atoms with Crippen LogP contribution in [0.25, 0.3) is 5.82 Å². The number of aryl methyl sites for hydroxylation is 1. The Bertz CT molecular complexity index is 1270. The molecule has 0 atom stereocenters. The standard InChI is InChI=1S/C24H18Cl2FN3O2/c1-15-11-20(32-19-8-5-18(27)6-9-19)7-4-16(15)13-29-24(31)22-3-2-10-30(22)23-21(26)12-17(25)14-28-23/h2-12,14H,13H2,1H3,(H,29,31). The van der Waals surface area contributed by atoms with E-state index in [2.05, 4.69) is 10.3 Å². The Hall–Kier alpha value is -3.35. The van der Waals surface area contributed by atoms with Gasteiger partial charge in [0.05, 0.1) is 10.0 Å². The Balaban J connectivity index is 1.44. The number of hydrogen-bond donors (Lipinski definition) is 1. The number of carbonyl (C=O) groups excluding carboxylic acids is 1. The molecule has 0 bridgehead atoms. The number of amides is 1. The molecule has 0 saturated heterocycles. The highest BCUT2D eigenvalue weighted by atomic mass is 35.5. The van der Waals surface area contributed by atoms with E-state index in [0.717, 1.165) is 11.1 Å². The van der Waals surface area contributed by atoms with Gasteiger partial charge in [0, 0.05) is 18.9 Å². The Morgan fingerprint density at radius 1 is 1.09 bits per heavy atom. The van der Waals surface area contributed by atoms with Crippen molar-refractivity contribution in [1.29, 1.82) is 0 Å². The fourth-order valence-corrected chi connectivity index (χ4v) is 3.64. The molecule has 0 aliphatic heterocycles. The van der Waals surface area contributed by atoms with Crippen molar-refractivity contribution in [3.63, 3.8) is 0 Å². The van der Waals surface area contributed by atoms with E-state index in [1.165, 1.54) is 18.3 Å². The van der Waals surface area contributed by atoms with Crippen LogP contribution >= 0.6 is 23.2 Å². The number of aromatic nitrogens is 2. The second kappa shape index (κ2) is 9.42. The molecule has 2 heterocycles. The summed E-state index contributed by atoms with van der Waals surface area (Å²) < 4.78 is 20.4. The molecule has 0 fully saturated rings. The van der Waals surface area contributed by atoms with Crippen molar-refractivity contribution < 1.29 is 13.9 Å². The summed E-state index contributed by atoms with van der Waals surface area (Å²) in [7, 11) is 0. The quantitative estimate of drug-likeness (QED) is 0.357. The monoisotopic (exact) mass is 469 g/mol. The van der Waals surface area contributed by atoms with E-state index in [4.69, 9.17) is 27.9 Å². The van der Waals surface area contributed by atoms with Gasteiger partial charge in [0.15, 0.2) is 5.82 Å². The zero-order valence-electron chi connectivity index (χ0n) is 17.0. The predicted octanol–water partition coefficient (Wildman–Crippen LogP) is 6.35. The first-order valence-electron chi connectivity index (χ1n) is 9.70. The zero-order valence-corrected chi connectivity index (χ0v) is 18.5. The third-order valence-corrected chi connectivity index (χ3v) is 5.29. The second-order valence-electron chi connectivity index (χ2n) is 7.05. The van der Waals surface area contributed by atoms with Crippen molar-refractivity contribution in [2.24, 2.45) is 0 Å². The molecule has 4 aromatic rings. The van der Waals surface area contributed by atoms with Gasteiger partial charge in [0.2, 0.25) is 0 Å². The van der Waals surface area contributed by atoms with Crippen molar-refractivity contribution in [2.45, 2.75) is 13.5 Å². The Morgan fingerprint density at radius 3 is 2.56 bits per heavy atom. The van der Waals surface area contributed by atoms with Gasteiger partial charge in [0.1, 0.15) is 23.0 Å². The molecule has 2 aromatic carbocycles. The van der Waals surface area contributed by atoms with E-state index in [-0.39, 0.29) is 11.7 Å². The summed E-state index contributed by atoms with van der Waals surface area (Å²) in [5, 5.41) is 3.68. The molecule has 1 amide bonds. The molecular weight excluding hydrogens is 452 g/mol. The van der Waals surface area contributed by atoms with Crippen LogP contribution in [0.15, 0.2) is 73.1 Å². The van der Waals surface area contributed by atoms with Crippen LogP contribution in [0, 0.1) is 12.7 Å². The van der Waals surface area contributed by atoms with Crippen molar-refractivity contribution >= 4 is 29.1 Å². The summed E-state index contributed by atoms with van der Waals surface area (Å²) in [5.41, 5.74) is 2.28. The number of pyridine rings is 1. The maximum Gasteiger partial charge on any atom is 0.268 e. The van der Waals surface area contributed by atoms with E-state index in [1.54, 1.807) is 47.2 Å². The normalized spacial score (nSPS) is 10.8. The molecular formula is C24H18Cl2FN3O2. The molecule has 0 radical (unpaired) electrons. The molecule has 4 rings (SSSR count). The highest BCUT2D eigenvalue weighted by Gasteiger charge is 2.15. The van der Waals surface area contributed by atoms with E-state index < -0.39 is 0 Å². The minimum absolute atomic E-state index is 0.270. The molecule has 32 heavy (non-hydrogen) atoms. The van der Waals surface area contributed by atoms with Gasteiger partial charge in [-0.3, -0.25) is 9.36 Å². The Labute approximate surface area is 194 Å². The van der Waals surface area contributed by atoms with Crippen LogP contribution in [0.1, 0.15) is 21.6 Å². The lowest BCUT2D eigenvalue weighted by atomic mass is 10.1. The van der Waals surface area contributed by atoms with Gasteiger partial charge >= 0.3 is 0 Å². The molecule has 8 heteroatoms. The Morgan fingerprint density at radius 2 is 1.84 bits per heavy atom. The summed E-state index contributed by atoms with van der Waals surface area (Å²) in [6, 6.07) is 16.4. The smallest absolute Gasteiger partial charge is 0.268 e. The van der Waals surface area contributed by atoms with Crippen LogP contribution in [0.4, 0.5) is 4.39 Å². The highest BCUT2D eigenvalue weighted by Crippen LogP contribution is 2.25. The average molecular weight is 470 g/mol. The predicted molar refractivity (Wildman–Crippen MR) is 122 cm³/mol. The zero-order chi connectivity index (χ0) is 22.7. The third kappa shape index (κ3) is 4.93. The fraction of sp³-hybridized carbons (Fsp3) is 0.0833. The van der Waals surface area contributed by atoms with Gasteiger partial charge in [-0.1, -0.05) is 29.3 Å². The van der Waals surface area contributed by atoms with Crippen LogP contribution in [0.3, 0.4) is 0 Å². The molecule has 5 nitrogen and oxygen atoms in total. The first-order valence-corrected chi connectivity index (χ1v) is 10.5. The minimum atomic E-state index is -0.320. The van der Waals surface area contributed by atoms with Gasteiger partial charge in [-0.25, -0.2) is 9.37 Å². The van der Waals surface area contributed by atoms with E-state index >= 15 is 0 Å². The molecule has 0 aliphatic rings. The topological polar surface area (TPSA) is 56.1 Å².